The summed E-state index contributed by atoms with van der Waals surface area (Å²) in [6.45, 7) is 6.26. The molecule has 0 radical (unpaired) electrons. The average molecular weight is 433 g/mol. The Balaban J connectivity index is 1.34. The maximum atomic E-state index is 13.4. The van der Waals surface area contributed by atoms with Gasteiger partial charge in [0.1, 0.15) is 6.10 Å². The molecule has 0 spiro atoms. The van der Waals surface area contributed by atoms with E-state index in [1.807, 2.05) is 0 Å². The quantitative estimate of drug-likeness (QED) is 0.723. The molecule has 0 aromatic carbocycles. The number of nitrogens with one attached hydrogen (secondary N) is 1. The van der Waals surface area contributed by atoms with E-state index in [4.69, 9.17) is 4.74 Å². The van der Waals surface area contributed by atoms with Crippen LogP contribution in [0.1, 0.15) is 65.2 Å². The highest BCUT2D eigenvalue weighted by Crippen LogP contribution is 2.45. The number of piperazine rings is 1. The molecule has 2 amide bonds. The second-order valence-electron chi connectivity index (χ2n) is 10.8. The van der Waals surface area contributed by atoms with Gasteiger partial charge in [0.25, 0.3) is 5.91 Å². The summed E-state index contributed by atoms with van der Waals surface area (Å²) in [5, 5.41) is 2.34. The number of carbonyl (C=O) groups is 2. The lowest BCUT2D eigenvalue weighted by molar-refractivity contribution is -0.160. The van der Waals surface area contributed by atoms with Crippen LogP contribution in [-0.2, 0) is 14.3 Å². The van der Waals surface area contributed by atoms with Gasteiger partial charge in [-0.05, 0) is 76.0 Å². The lowest BCUT2D eigenvalue weighted by atomic mass is 9.67. The summed E-state index contributed by atoms with van der Waals surface area (Å²) >= 11 is 0. The molecule has 3 aliphatic heterocycles. The highest BCUT2D eigenvalue weighted by Gasteiger charge is 2.49. The third-order valence-corrected chi connectivity index (χ3v) is 9.13. The molecule has 5 aliphatic rings. The number of fused-ring (bicyclic) bond motifs is 2. The van der Waals surface area contributed by atoms with Gasteiger partial charge in [0.15, 0.2) is 0 Å². The first-order chi connectivity index (χ1) is 14.9. The van der Waals surface area contributed by atoms with Crippen LogP contribution in [0.25, 0.3) is 0 Å². The first-order valence-corrected chi connectivity index (χ1v) is 12.6. The SMILES string of the molecule is CC(=O)N1C2CCC(C3CCC4CNN(C)C4C3)CC2N(C(=O)C2CCCO2)C[C@@H]1C. The Morgan fingerprint density at radius 1 is 0.935 bits per heavy atom. The molecule has 0 aromatic rings. The van der Waals surface area contributed by atoms with Crippen molar-refractivity contribution in [2.45, 2.75) is 95.5 Å². The maximum absolute atomic E-state index is 13.4. The van der Waals surface area contributed by atoms with Gasteiger partial charge in [0, 0.05) is 45.8 Å². The maximum Gasteiger partial charge on any atom is 0.252 e. The Hall–Kier alpha value is -1.18. The Labute approximate surface area is 186 Å². The van der Waals surface area contributed by atoms with Gasteiger partial charge in [-0.3, -0.25) is 15.0 Å². The van der Waals surface area contributed by atoms with Crippen LogP contribution < -0.4 is 5.43 Å². The van der Waals surface area contributed by atoms with Crippen LogP contribution in [0.15, 0.2) is 0 Å². The second-order valence-corrected chi connectivity index (χ2v) is 10.8. The molecule has 1 N–H and O–H groups in total. The molecule has 7 heteroatoms. The number of nitrogens with zero attached hydrogens (tertiary/aromatic N) is 3. The molecule has 2 saturated carbocycles. The van der Waals surface area contributed by atoms with Crippen molar-refractivity contribution >= 4 is 11.8 Å². The number of carbonyl (C=O) groups excluding carboxylic acids is 2. The average Bonchev–Trinajstić information content (AvgIpc) is 3.42. The summed E-state index contributed by atoms with van der Waals surface area (Å²) in [5.41, 5.74) is 3.53. The van der Waals surface area contributed by atoms with Crippen molar-refractivity contribution < 1.29 is 14.3 Å². The number of hydrazine groups is 1. The second kappa shape index (κ2) is 8.64. The van der Waals surface area contributed by atoms with E-state index < -0.39 is 0 Å². The van der Waals surface area contributed by atoms with Crippen molar-refractivity contribution in [3.05, 3.63) is 0 Å². The standard InChI is InChI=1S/C24H40N4O3/c1-15-14-27(24(30)23-5-4-10-31-23)22-12-18(8-9-20(22)28(15)16(2)29)17-6-7-19-13-25-26(3)21(19)11-17/h15,17-23,25H,4-14H2,1-3H3/t15-,17?,18?,19?,20?,21?,22?,23?/m0/s1. The number of rotatable bonds is 2. The normalized spacial score (nSPS) is 43.6. The summed E-state index contributed by atoms with van der Waals surface area (Å²) in [6.07, 6.45) is 8.67. The number of amides is 2. The minimum absolute atomic E-state index is 0.0781. The van der Waals surface area contributed by atoms with Crippen molar-refractivity contribution in [3.8, 4) is 0 Å². The molecule has 3 heterocycles. The third-order valence-electron chi connectivity index (χ3n) is 9.13. The minimum atomic E-state index is -0.272. The van der Waals surface area contributed by atoms with Crippen LogP contribution in [0.3, 0.4) is 0 Å². The molecule has 0 aromatic heterocycles. The molecule has 7 nitrogen and oxygen atoms in total. The summed E-state index contributed by atoms with van der Waals surface area (Å²) < 4.78 is 5.78. The Morgan fingerprint density at radius 2 is 1.65 bits per heavy atom. The van der Waals surface area contributed by atoms with Gasteiger partial charge in [-0.2, -0.15) is 0 Å². The molecular weight excluding hydrogens is 392 g/mol. The van der Waals surface area contributed by atoms with E-state index >= 15 is 0 Å². The molecule has 0 bridgehead atoms. The van der Waals surface area contributed by atoms with Gasteiger partial charge in [-0.25, -0.2) is 5.01 Å². The Bertz CT molecular complexity index is 696. The zero-order valence-electron chi connectivity index (χ0n) is 19.5. The van der Waals surface area contributed by atoms with E-state index in [1.165, 1.54) is 25.7 Å². The monoisotopic (exact) mass is 432 g/mol. The predicted octanol–water partition coefficient (Wildman–Crippen LogP) is 2.02. The van der Waals surface area contributed by atoms with Crippen molar-refractivity contribution in [1.82, 2.24) is 20.2 Å². The van der Waals surface area contributed by atoms with E-state index in [1.54, 1.807) is 6.92 Å². The molecule has 3 saturated heterocycles. The summed E-state index contributed by atoms with van der Waals surface area (Å²) in [5.74, 6) is 2.50. The predicted molar refractivity (Wildman–Crippen MR) is 118 cm³/mol. The zero-order valence-corrected chi connectivity index (χ0v) is 19.5. The number of hydrogen-bond acceptors (Lipinski definition) is 5. The highest BCUT2D eigenvalue weighted by molar-refractivity contribution is 5.82. The fourth-order valence-corrected chi connectivity index (χ4v) is 7.60. The number of hydrogen-bond donors (Lipinski definition) is 1. The van der Waals surface area contributed by atoms with E-state index in [-0.39, 0.29) is 36.0 Å². The lowest BCUT2D eigenvalue weighted by Crippen LogP contribution is -2.68. The fraction of sp³-hybridized carbons (Fsp3) is 0.917. The first-order valence-electron chi connectivity index (χ1n) is 12.6. The van der Waals surface area contributed by atoms with Crippen molar-refractivity contribution in [1.29, 1.82) is 0 Å². The molecule has 5 rings (SSSR count). The fourth-order valence-electron chi connectivity index (χ4n) is 7.60. The van der Waals surface area contributed by atoms with Crippen molar-refractivity contribution in [3.63, 3.8) is 0 Å². The van der Waals surface area contributed by atoms with Gasteiger partial charge in [0.2, 0.25) is 5.91 Å². The van der Waals surface area contributed by atoms with Crippen molar-refractivity contribution in [2.75, 3.05) is 26.7 Å². The Morgan fingerprint density at radius 3 is 2.35 bits per heavy atom. The van der Waals surface area contributed by atoms with Gasteiger partial charge in [0.05, 0.1) is 12.1 Å². The molecule has 31 heavy (non-hydrogen) atoms. The zero-order chi connectivity index (χ0) is 21.7. The topological polar surface area (TPSA) is 65.1 Å². The van der Waals surface area contributed by atoms with Gasteiger partial charge in [-0.15, -0.1) is 0 Å². The van der Waals surface area contributed by atoms with E-state index in [0.717, 1.165) is 44.1 Å². The van der Waals surface area contributed by atoms with Crippen LogP contribution >= 0.6 is 0 Å². The van der Waals surface area contributed by atoms with Gasteiger partial charge in [-0.1, -0.05) is 0 Å². The highest BCUT2D eigenvalue weighted by atomic mass is 16.5. The third kappa shape index (κ3) is 3.91. The molecule has 7 unspecified atom stereocenters. The lowest BCUT2D eigenvalue weighted by Gasteiger charge is -2.55. The van der Waals surface area contributed by atoms with E-state index in [2.05, 4.69) is 34.2 Å². The molecule has 174 valence electrons. The smallest absolute Gasteiger partial charge is 0.252 e. The molecule has 2 aliphatic carbocycles. The van der Waals surface area contributed by atoms with Crippen LogP contribution in [0, 0.1) is 17.8 Å². The van der Waals surface area contributed by atoms with Crippen LogP contribution in [0.2, 0.25) is 0 Å². The van der Waals surface area contributed by atoms with E-state index in [9.17, 15) is 9.59 Å². The first kappa shape index (κ1) is 21.7. The van der Waals surface area contributed by atoms with Crippen molar-refractivity contribution in [2.24, 2.45) is 17.8 Å². The summed E-state index contributed by atoms with van der Waals surface area (Å²) in [6, 6.07) is 1.04. The largest absolute Gasteiger partial charge is 0.368 e. The van der Waals surface area contributed by atoms with E-state index in [0.29, 0.717) is 25.1 Å². The summed E-state index contributed by atoms with van der Waals surface area (Å²) in [7, 11) is 2.19. The van der Waals surface area contributed by atoms with Crippen LogP contribution in [0.4, 0.5) is 0 Å². The van der Waals surface area contributed by atoms with Crippen LogP contribution in [0.5, 0.6) is 0 Å². The van der Waals surface area contributed by atoms with Gasteiger partial charge >= 0.3 is 0 Å². The Kier molecular flexibility index (Phi) is 6.03. The minimum Gasteiger partial charge on any atom is -0.368 e. The number of ether oxygens (including phenoxy) is 1. The summed E-state index contributed by atoms with van der Waals surface area (Å²) in [4.78, 5) is 30.2. The molecule has 5 fully saturated rings. The molecule has 8 atom stereocenters. The molecular formula is C24H40N4O3. The van der Waals surface area contributed by atoms with Crippen LogP contribution in [-0.4, -0.2) is 83.6 Å². The van der Waals surface area contributed by atoms with Gasteiger partial charge < -0.3 is 14.5 Å².